The van der Waals surface area contributed by atoms with Crippen LogP contribution in [0.15, 0.2) is 24.3 Å². The molecule has 1 unspecified atom stereocenters. The normalized spacial score (nSPS) is 10.2. The molecule has 0 saturated carbocycles. The van der Waals surface area contributed by atoms with E-state index in [1.165, 1.54) is 0 Å². The molecule has 0 heterocycles. The molecule has 0 aliphatic rings. The van der Waals surface area contributed by atoms with Crippen LogP contribution in [0, 0.1) is 0 Å². The lowest BCUT2D eigenvalue weighted by Gasteiger charge is -2.06. The molecule has 0 radical (unpaired) electrons. The van der Waals surface area contributed by atoms with Crippen LogP contribution in [0.1, 0.15) is 0 Å². The van der Waals surface area contributed by atoms with Gasteiger partial charge in [0.2, 0.25) is 0 Å². The molecule has 0 fully saturated rings. The van der Waals surface area contributed by atoms with Crippen LogP contribution in [-0.2, 0) is 0 Å². The van der Waals surface area contributed by atoms with E-state index in [1.54, 1.807) is 18.2 Å². The minimum absolute atomic E-state index is 0.480. The van der Waals surface area contributed by atoms with E-state index in [0.717, 1.165) is 5.30 Å². The minimum atomic E-state index is -2.31. The van der Waals surface area contributed by atoms with Gasteiger partial charge in [0.1, 0.15) is 5.75 Å². The van der Waals surface area contributed by atoms with E-state index in [4.69, 9.17) is 14.3 Å². The summed E-state index contributed by atoms with van der Waals surface area (Å²) in [5, 5.41) is 0.808. The molecule has 11 heavy (non-hydrogen) atoms. The van der Waals surface area contributed by atoms with Crippen molar-refractivity contribution in [3.05, 3.63) is 24.3 Å². The molecule has 60 valence electrons. The lowest BCUT2D eigenvalue weighted by Crippen LogP contribution is -1.96. The SMILES string of the molecule is OP(O)Oc1ccccc1P. The monoisotopic (exact) mass is 190 g/mol. The maximum atomic E-state index is 8.52. The molecule has 3 nitrogen and oxygen atoms in total. The van der Waals surface area contributed by atoms with Gasteiger partial charge in [-0.3, -0.25) is 0 Å². The van der Waals surface area contributed by atoms with Crippen molar-refractivity contribution >= 4 is 23.1 Å². The van der Waals surface area contributed by atoms with Crippen molar-refractivity contribution in [2.24, 2.45) is 0 Å². The Balaban J connectivity index is 2.78. The average molecular weight is 190 g/mol. The lowest BCUT2D eigenvalue weighted by molar-refractivity contribution is 0.376. The second-order valence-electron chi connectivity index (χ2n) is 1.88. The van der Waals surface area contributed by atoms with Crippen LogP contribution in [-0.4, -0.2) is 9.79 Å². The molecule has 0 saturated heterocycles. The second-order valence-corrected chi connectivity index (χ2v) is 3.19. The van der Waals surface area contributed by atoms with Crippen LogP contribution in [0.4, 0.5) is 0 Å². The molecule has 1 aromatic carbocycles. The molecule has 1 rings (SSSR count). The molecule has 1 aromatic rings. The topological polar surface area (TPSA) is 49.7 Å². The number of benzene rings is 1. The first kappa shape index (κ1) is 8.89. The van der Waals surface area contributed by atoms with E-state index in [2.05, 4.69) is 9.24 Å². The van der Waals surface area contributed by atoms with Crippen LogP contribution in [0.25, 0.3) is 0 Å². The van der Waals surface area contributed by atoms with Gasteiger partial charge in [0.15, 0.2) is 0 Å². The van der Waals surface area contributed by atoms with E-state index in [-0.39, 0.29) is 0 Å². The molecule has 1 atom stereocenters. The molecule has 0 spiro atoms. The number of para-hydroxylation sites is 1. The summed E-state index contributed by atoms with van der Waals surface area (Å²) in [6, 6.07) is 7.08. The molecule has 0 bridgehead atoms. The van der Waals surface area contributed by atoms with Gasteiger partial charge in [-0.05, 0) is 6.07 Å². The number of hydrogen-bond donors (Lipinski definition) is 2. The second kappa shape index (κ2) is 3.99. The Morgan fingerprint density at radius 3 is 2.45 bits per heavy atom. The highest BCUT2D eigenvalue weighted by Gasteiger charge is 2.03. The van der Waals surface area contributed by atoms with E-state index < -0.39 is 8.60 Å². The highest BCUT2D eigenvalue weighted by atomic mass is 31.2. The zero-order chi connectivity index (χ0) is 8.27. The maximum absolute atomic E-state index is 8.52. The first-order chi connectivity index (χ1) is 5.20. The molecular weight excluding hydrogens is 182 g/mol. The predicted molar refractivity (Wildman–Crippen MR) is 47.8 cm³/mol. The van der Waals surface area contributed by atoms with Crippen LogP contribution < -0.4 is 9.83 Å². The molecule has 2 N–H and O–H groups in total. The van der Waals surface area contributed by atoms with Crippen LogP contribution in [0.3, 0.4) is 0 Å². The zero-order valence-corrected chi connectivity index (χ0v) is 7.69. The first-order valence-electron chi connectivity index (χ1n) is 2.90. The third kappa shape index (κ3) is 2.72. The Morgan fingerprint density at radius 1 is 1.27 bits per heavy atom. The van der Waals surface area contributed by atoms with Crippen molar-refractivity contribution in [2.75, 3.05) is 0 Å². The van der Waals surface area contributed by atoms with E-state index >= 15 is 0 Å². The van der Waals surface area contributed by atoms with Gasteiger partial charge in [0, 0.05) is 5.30 Å². The third-order valence-electron chi connectivity index (χ3n) is 1.10. The van der Waals surface area contributed by atoms with Crippen LogP contribution in [0.5, 0.6) is 5.75 Å². The smallest absolute Gasteiger partial charge is 0.391 e. The van der Waals surface area contributed by atoms with Crippen molar-refractivity contribution in [3.63, 3.8) is 0 Å². The van der Waals surface area contributed by atoms with Gasteiger partial charge in [0.25, 0.3) is 0 Å². The van der Waals surface area contributed by atoms with Gasteiger partial charge in [-0.25, -0.2) is 0 Å². The Bertz CT molecular complexity index is 239. The van der Waals surface area contributed by atoms with E-state index in [9.17, 15) is 0 Å². The quantitative estimate of drug-likeness (QED) is 0.677. The van der Waals surface area contributed by atoms with Gasteiger partial charge >= 0.3 is 8.60 Å². The Hall–Kier alpha value is -0.200. The Kier molecular flexibility index (Phi) is 3.22. The summed E-state index contributed by atoms with van der Waals surface area (Å²) in [7, 11) is 0.134. The van der Waals surface area contributed by atoms with Crippen molar-refractivity contribution < 1.29 is 14.3 Å². The molecular formula is C6H8O3P2. The van der Waals surface area contributed by atoms with Crippen molar-refractivity contribution in [1.29, 1.82) is 0 Å². The van der Waals surface area contributed by atoms with Crippen LogP contribution in [0.2, 0.25) is 0 Å². The summed E-state index contributed by atoms with van der Waals surface area (Å²) in [5.41, 5.74) is 0. The minimum Gasteiger partial charge on any atom is -0.426 e. The largest absolute Gasteiger partial charge is 0.426 e. The van der Waals surface area contributed by atoms with Gasteiger partial charge < -0.3 is 14.3 Å². The fraction of sp³-hybridized carbons (Fsp3) is 0. The van der Waals surface area contributed by atoms with E-state index in [1.807, 2.05) is 6.07 Å². The first-order valence-corrected chi connectivity index (χ1v) is 4.65. The van der Waals surface area contributed by atoms with Crippen molar-refractivity contribution in [3.8, 4) is 5.75 Å². The highest BCUT2D eigenvalue weighted by Crippen LogP contribution is 2.27. The zero-order valence-electron chi connectivity index (χ0n) is 5.64. The predicted octanol–water partition coefficient (Wildman–Crippen LogP) is 0.777. The standard InChI is InChI=1S/C6H8O3P2/c7-11(8)9-5-3-1-2-4-6(5)10/h1-4,7-8H,10H2. The van der Waals surface area contributed by atoms with Crippen LogP contribution >= 0.6 is 17.8 Å². The number of rotatable bonds is 2. The summed E-state index contributed by atoms with van der Waals surface area (Å²) in [6.45, 7) is 0. The Morgan fingerprint density at radius 2 is 1.91 bits per heavy atom. The lowest BCUT2D eigenvalue weighted by atomic mass is 10.3. The molecule has 0 aliphatic carbocycles. The fourth-order valence-electron chi connectivity index (χ4n) is 0.652. The molecule has 0 aliphatic heterocycles. The van der Waals surface area contributed by atoms with Crippen molar-refractivity contribution in [1.82, 2.24) is 0 Å². The molecule has 0 aromatic heterocycles. The van der Waals surface area contributed by atoms with Crippen molar-refractivity contribution in [2.45, 2.75) is 0 Å². The maximum Gasteiger partial charge on any atom is 0.391 e. The molecule has 5 heteroatoms. The summed E-state index contributed by atoms with van der Waals surface area (Å²) < 4.78 is 4.70. The van der Waals surface area contributed by atoms with Gasteiger partial charge in [0.05, 0.1) is 0 Å². The summed E-state index contributed by atoms with van der Waals surface area (Å²) in [5.74, 6) is 0.480. The van der Waals surface area contributed by atoms with Gasteiger partial charge in [-0.2, -0.15) is 0 Å². The number of hydrogen-bond acceptors (Lipinski definition) is 3. The molecule has 0 amide bonds. The Labute approximate surface area is 68.2 Å². The summed E-state index contributed by atoms with van der Waals surface area (Å²) >= 11 is 0. The highest BCUT2D eigenvalue weighted by molar-refractivity contribution is 7.40. The fourth-order valence-corrected chi connectivity index (χ4v) is 1.36. The van der Waals surface area contributed by atoms with Gasteiger partial charge in [-0.1, -0.05) is 18.2 Å². The summed E-state index contributed by atoms with van der Waals surface area (Å²) in [4.78, 5) is 17.0. The third-order valence-corrected chi connectivity index (χ3v) is 1.94. The average Bonchev–Trinajstić information content (AvgIpc) is 1.93. The van der Waals surface area contributed by atoms with Gasteiger partial charge in [-0.15, -0.1) is 9.24 Å². The summed E-state index contributed by atoms with van der Waals surface area (Å²) in [6.07, 6.45) is 0. The van der Waals surface area contributed by atoms with E-state index in [0.29, 0.717) is 5.75 Å².